The lowest BCUT2D eigenvalue weighted by Gasteiger charge is -2.18. The number of nitrogens with one attached hydrogen (secondary N) is 2. The summed E-state index contributed by atoms with van der Waals surface area (Å²) in [7, 11) is 0. The number of hydrogen-bond donors (Lipinski definition) is 3. The number of benzene rings is 1. The molecule has 116 valence electrons. The van der Waals surface area contributed by atoms with E-state index in [1.165, 1.54) is 25.0 Å². The lowest BCUT2D eigenvalue weighted by atomic mass is 10.0. The van der Waals surface area contributed by atoms with E-state index in [1.807, 2.05) is 6.92 Å². The summed E-state index contributed by atoms with van der Waals surface area (Å²) < 4.78 is 12.8. The molecule has 0 aliphatic heterocycles. The van der Waals surface area contributed by atoms with E-state index in [0.717, 1.165) is 12.5 Å². The molecule has 1 aromatic rings. The van der Waals surface area contributed by atoms with Crippen molar-refractivity contribution in [3.8, 4) is 0 Å². The van der Waals surface area contributed by atoms with Gasteiger partial charge in [0, 0.05) is 6.04 Å². The molecule has 4 nitrogen and oxygen atoms in total. The molecule has 21 heavy (non-hydrogen) atoms. The molecule has 2 rings (SSSR count). The van der Waals surface area contributed by atoms with Crippen molar-refractivity contribution in [2.45, 2.75) is 38.3 Å². The van der Waals surface area contributed by atoms with Crippen LogP contribution in [0.4, 0.5) is 4.39 Å². The molecular weight excluding hydrogens is 271 g/mol. The van der Waals surface area contributed by atoms with Gasteiger partial charge in [0.1, 0.15) is 5.82 Å². The van der Waals surface area contributed by atoms with Crippen molar-refractivity contribution in [1.29, 1.82) is 0 Å². The first-order valence-electron chi connectivity index (χ1n) is 7.48. The number of rotatable bonds is 8. The van der Waals surface area contributed by atoms with Gasteiger partial charge in [-0.2, -0.15) is 0 Å². The van der Waals surface area contributed by atoms with Gasteiger partial charge >= 0.3 is 0 Å². The van der Waals surface area contributed by atoms with Crippen LogP contribution in [0.5, 0.6) is 0 Å². The van der Waals surface area contributed by atoms with Crippen LogP contribution in [0.3, 0.4) is 0 Å². The topological polar surface area (TPSA) is 61.4 Å². The average Bonchev–Trinajstić information content (AvgIpc) is 3.23. The molecule has 1 aliphatic carbocycles. The van der Waals surface area contributed by atoms with E-state index < -0.39 is 6.10 Å². The van der Waals surface area contributed by atoms with Gasteiger partial charge in [-0.1, -0.05) is 12.1 Å². The predicted octanol–water partition coefficient (Wildman–Crippen LogP) is 1.75. The maximum atomic E-state index is 12.8. The number of hydrogen-bond acceptors (Lipinski definition) is 3. The van der Waals surface area contributed by atoms with Crippen LogP contribution in [0, 0.1) is 11.7 Å². The van der Waals surface area contributed by atoms with Gasteiger partial charge in [0.25, 0.3) is 0 Å². The second-order valence-electron chi connectivity index (χ2n) is 5.85. The van der Waals surface area contributed by atoms with Gasteiger partial charge in [0.05, 0.1) is 12.6 Å². The molecule has 2 unspecified atom stereocenters. The number of aliphatic hydroxyl groups excluding tert-OH is 1. The zero-order chi connectivity index (χ0) is 15.2. The van der Waals surface area contributed by atoms with E-state index in [4.69, 9.17) is 0 Å². The Labute approximate surface area is 124 Å². The van der Waals surface area contributed by atoms with Gasteiger partial charge in [-0.15, -0.1) is 0 Å². The van der Waals surface area contributed by atoms with Crippen LogP contribution >= 0.6 is 0 Å². The highest BCUT2D eigenvalue weighted by molar-refractivity contribution is 5.78. The third-order valence-electron chi connectivity index (χ3n) is 3.65. The molecule has 1 saturated carbocycles. The molecule has 1 amide bonds. The summed E-state index contributed by atoms with van der Waals surface area (Å²) >= 11 is 0. The van der Waals surface area contributed by atoms with Crippen LogP contribution < -0.4 is 10.6 Å². The zero-order valence-corrected chi connectivity index (χ0v) is 12.3. The summed E-state index contributed by atoms with van der Waals surface area (Å²) in [5, 5.41) is 16.0. The lowest BCUT2D eigenvalue weighted by Crippen LogP contribution is -2.40. The number of amides is 1. The molecule has 0 saturated heterocycles. The minimum atomic E-state index is -0.708. The normalized spacial score (nSPS) is 17.3. The second kappa shape index (κ2) is 7.52. The molecule has 5 heteroatoms. The van der Waals surface area contributed by atoms with Crippen LogP contribution in [0.1, 0.15) is 37.9 Å². The van der Waals surface area contributed by atoms with Crippen molar-refractivity contribution in [1.82, 2.24) is 10.6 Å². The first kappa shape index (κ1) is 15.9. The van der Waals surface area contributed by atoms with Crippen molar-refractivity contribution in [2.75, 3.05) is 13.1 Å². The fourth-order valence-corrected chi connectivity index (χ4v) is 2.25. The highest BCUT2D eigenvalue weighted by Gasteiger charge is 2.21. The Hall–Kier alpha value is -1.46. The SMILES string of the molecule is CC(CC(O)c1ccc(F)cc1)NC(=O)CNCC1CC1. The second-order valence-corrected chi connectivity index (χ2v) is 5.85. The fraction of sp³-hybridized carbons (Fsp3) is 0.562. The fourth-order valence-electron chi connectivity index (χ4n) is 2.25. The van der Waals surface area contributed by atoms with Crippen LogP contribution in [-0.2, 0) is 4.79 Å². The smallest absolute Gasteiger partial charge is 0.234 e. The van der Waals surface area contributed by atoms with Crippen LogP contribution in [0.15, 0.2) is 24.3 Å². The first-order chi connectivity index (χ1) is 10.0. The molecule has 0 spiro atoms. The van der Waals surface area contributed by atoms with E-state index >= 15 is 0 Å². The standard InChI is InChI=1S/C16H23FN2O2/c1-11(19-16(21)10-18-9-12-2-3-12)8-15(20)13-4-6-14(17)7-5-13/h4-7,11-12,15,18,20H,2-3,8-10H2,1H3,(H,19,21). The van der Waals surface area contributed by atoms with Gasteiger partial charge in [-0.25, -0.2) is 4.39 Å². The molecule has 1 aliphatic rings. The molecule has 0 radical (unpaired) electrons. The molecule has 1 fully saturated rings. The summed E-state index contributed by atoms with van der Waals surface area (Å²) in [5.41, 5.74) is 0.657. The molecule has 1 aromatic carbocycles. The van der Waals surface area contributed by atoms with Gasteiger partial charge in [-0.3, -0.25) is 4.79 Å². The van der Waals surface area contributed by atoms with Gasteiger partial charge in [-0.05, 0) is 56.3 Å². The minimum absolute atomic E-state index is 0.0607. The maximum Gasteiger partial charge on any atom is 0.234 e. The van der Waals surface area contributed by atoms with Crippen molar-refractivity contribution in [3.63, 3.8) is 0 Å². The Balaban J connectivity index is 1.68. The van der Waals surface area contributed by atoms with Gasteiger partial charge in [0.2, 0.25) is 5.91 Å². The Morgan fingerprint density at radius 3 is 2.67 bits per heavy atom. The number of halogens is 1. The quantitative estimate of drug-likeness (QED) is 0.684. The Kier molecular flexibility index (Phi) is 5.70. The molecule has 0 bridgehead atoms. The third-order valence-corrected chi connectivity index (χ3v) is 3.65. The summed E-state index contributed by atoms with van der Waals surface area (Å²) in [6.45, 7) is 3.07. The minimum Gasteiger partial charge on any atom is -0.388 e. The van der Waals surface area contributed by atoms with Crippen molar-refractivity contribution < 1.29 is 14.3 Å². The predicted molar refractivity (Wildman–Crippen MR) is 79.2 cm³/mol. The monoisotopic (exact) mass is 294 g/mol. The Morgan fingerprint density at radius 1 is 1.38 bits per heavy atom. The van der Waals surface area contributed by atoms with E-state index in [0.29, 0.717) is 18.5 Å². The van der Waals surface area contributed by atoms with Crippen molar-refractivity contribution in [2.24, 2.45) is 5.92 Å². The highest BCUT2D eigenvalue weighted by Crippen LogP contribution is 2.27. The molecular formula is C16H23FN2O2. The Bertz CT molecular complexity index is 460. The number of carbonyl (C=O) groups excluding carboxylic acids is 1. The molecule has 0 heterocycles. The number of aliphatic hydroxyl groups is 1. The zero-order valence-electron chi connectivity index (χ0n) is 12.3. The summed E-state index contributed by atoms with van der Waals surface area (Å²) in [6, 6.07) is 5.63. The van der Waals surface area contributed by atoms with Crippen molar-refractivity contribution >= 4 is 5.91 Å². The molecule has 0 aromatic heterocycles. The third kappa shape index (κ3) is 5.81. The first-order valence-corrected chi connectivity index (χ1v) is 7.48. The number of carbonyl (C=O) groups is 1. The highest BCUT2D eigenvalue weighted by atomic mass is 19.1. The van der Waals surface area contributed by atoms with E-state index in [2.05, 4.69) is 10.6 Å². The van der Waals surface area contributed by atoms with Gasteiger partial charge < -0.3 is 15.7 Å². The Morgan fingerprint density at radius 2 is 2.05 bits per heavy atom. The van der Waals surface area contributed by atoms with Crippen LogP contribution in [-0.4, -0.2) is 30.1 Å². The van der Waals surface area contributed by atoms with E-state index in [9.17, 15) is 14.3 Å². The summed E-state index contributed by atoms with van der Waals surface area (Å²) in [5.74, 6) is 0.360. The summed E-state index contributed by atoms with van der Waals surface area (Å²) in [6.07, 6.45) is 2.21. The van der Waals surface area contributed by atoms with Gasteiger partial charge in [0.15, 0.2) is 0 Å². The van der Waals surface area contributed by atoms with Crippen LogP contribution in [0.25, 0.3) is 0 Å². The largest absolute Gasteiger partial charge is 0.388 e. The van der Waals surface area contributed by atoms with Crippen molar-refractivity contribution in [3.05, 3.63) is 35.6 Å². The maximum absolute atomic E-state index is 12.8. The van der Waals surface area contributed by atoms with E-state index in [1.54, 1.807) is 12.1 Å². The lowest BCUT2D eigenvalue weighted by molar-refractivity contribution is -0.121. The average molecular weight is 294 g/mol. The van der Waals surface area contributed by atoms with E-state index in [-0.39, 0.29) is 17.8 Å². The summed E-state index contributed by atoms with van der Waals surface area (Å²) in [4.78, 5) is 11.7. The molecule has 2 atom stereocenters. The van der Waals surface area contributed by atoms with Crippen LogP contribution in [0.2, 0.25) is 0 Å². The molecule has 3 N–H and O–H groups in total.